The minimum Gasteiger partial charge on any atom is -0.490 e. The van der Waals surface area contributed by atoms with E-state index in [4.69, 9.17) is 14.2 Å². The maximum Gasteiger partial charge on any atom is 0.223 e. The van der Waals surface area contributed by atoms with E-state index < -0.39 is 6.10 Å². The Morgan fingerprint density at radius 2 is 0.911 bits per heavy atom. The van der Waals surface area contributed by atoms with Gasteiger partial charge in [0.15, 0.2) is 0 Å². The molecule has 5 heterocycles. The van der Waals surface area contributed by atoms with Crippen LogP contribution in [0, 0.1) is 23.7 Å². The van der Waals surface area contributed by atoms with Gasteiger partial charge < -0.3 is 39.8 Å². The molecule has 2 aromatic heterocycles. The number of fused-ring (bicyclic) bond motifs is 2. The van der Waals surface area contributed by atoms with Crippen molar-refractivity contribution in [1.82, 2.24) is 30.4 Å². The molecule has 6 aromatic carbocycles. The van der Waals surface area contributed by atoms with E-state index in [1.54, 1.807) is 12.4 Å². The molecule has 3 saturated heterocycles. The molecule has 12 nitrogen and oxygen atoms in total. The molecule has 3 N–H and O–H groups in total. The third-order valence-corrected chi connectivity index (χ3v) is 17.8. The number of carbonyl (C=O) groups is 2. The molecule has 3 aliphatic heterocycles. The SMILES string of the molecule is C.CN1CCC(CNC(=O)C(CCCc2ccccc2)CCCc2ccccc2)CC1.O=C(NCC1CCN(CC(O)COc2cccc3ncccc23)CC1)C(CCCc1ccccc1)CCCc1ccccc1.c1cc(OC[C@H]2CO2)c2cccnc2c1. The lowest BCUT2D eigenvalue weighted by Crippen LogP contribution is -2.43. The topological polar surface area (TPSA) is 142 Å². The summed E-state index contributed by atoms with van der Waals surface area (Å²) in [6, 6.07) is 61.9. The second kappa shape index (κ2) is 38.3. The summed E-state index contributed by atoms with van der Waals surface area (Å²) < 4.78 is 16.8. The van der Waals surface area contributed by atoms with Crippen LogP contribution >= 0.6 is 0 Å². The van der Waals surface area contributed by atoms with Gasteiger partial charge in [-0.25, -0.2) is 0 Å². The van der Waals surface area contributed by atoms with Gasteiger partial charge in [0.2, 0.25) is 11.8 Å². The number of nitrogens with zero attached hydrogens (tertiary/aromatic N) is 4. The van der Waals surface area contributed by atoms with Crippen molar-refractivity contribution in [2.45, 2.75) is 122 Å². The summed E-state index contributed by atoms with van der Waals surface area (Å²) in [6.07, 6.45) is 19.8. The molecule has 3 fully saturated rings. The number of nitrogens with one attached hydrogen (secondary N) is 2. The predicted molar refractivity (Wildman–Crippen MR) is 367 cm³/mol. The smallest absolute Gasteiger partial charge is 0.223 e. The zero-order valence-corrected chi connectivity index (χ0v) is 52.6. The van der Waals surface area contributed by atoms with E-state index in [9.17, 15) is 14.7 Å². The molecule has 3 aliphatic rings. The molecule has 0 bridgehead atoms. The summed E-state index contributed by atoms with van der Waals surface area (Å²) in [5.41, 5.74) is 7.26. The fourth-order valence-corrected chi connectivity index (χ4v) is 12.3. The van der Waals surface area contributed by atoms with Gasteiger partial charge in [0.1, 0.15) is 36.9 Å². The van der Waals surface area contributed by atoms with Crippen molar-refractivity contribution in [1.29, 1.82) is 0 Å². The van der Waals surface area contributed by atoms with E-state index in [0.717, 1.165) is 169 Å². The van der Waals surface area contributed by atoms with E-state index in [0.29, 0.717) is 25.0 Å². The molecule has 8 aromatic rings. The van der Waals surface area contributed by atoms with Crippen molar-refractivity contribution in [3.63, 3.8) is 0 Å². The van der Waals surface area contributed by atoms with Crippen LogP contribution in [0.1, 0.15) is 107 Å². The third-order valence-electron chi connectivity index (χ3n) is 17.8. The maximum atomic E-state index is 13.4. The van der Waals surface area contributed by atoms with Crippen molar-refractivity contribution in [3.8, 4) is 11.5 Å². The fourth-order valence-electron chi connectivity index (χ4n) is 12.3. The third kappa shape index (κ3) is 24.0. The number of aryl methyl sites for hydroxylation is 4. The average Bonchev–Trinajstić information content (AvgIpc) is 2.38. The lowest BCUT2D eigenvalue weighted by Gasteiger charge is -2.33. The van der Waals surface area contributed by atoms with E-state index >= 15 is 0 Å². The summed E-state index contributed by atoms with van der Waals surface area (Å²) in [4.78, 5) is 39.7. The Bertz CT molecular complexity index is 3160. The molecule has 12 heteroatoms. The maximum absolute atomic E-state index is 13.4. The molecule has 0 radical (unpaired) electrons. The molecule has 90 heavy (non-hydrogen) atoms. The first-order valence-electron chi connectivity index (χ1n) is 33.1. The normalized spacial score (nSPS) is 15.6. The summed E-state index contributed by atoms with van der Waals surface area (Å²) >= 11 is 0. The zero-order chi connectivity index (χ0) is 61.5. The number of pyridine rings is 2. The number of likely N-dealkylation sites (tertiary alicyclic amines) is 2. The number of aromatic nitrogens is 2. The number of aliphatic hydroxyl groups excluding tert-OH is 1. The van der Waals surface area contributed by atoms with Crippen LogP contribution in [0.25, 0.3) is 21.8 Å². The molecule has 478 valence electrons. The predicted octanol–water partition coefficient (Wildman–Crippen LogP) is 14.2. The van der Waals surface area contributed by atoms with Gasteiger partial charge in [-0.15, -0.1) is 0 Å². The second-order valence-corrected chi connectivity index (χ2v) is 24.8. The van der Waals surface area contributed by atoms with Crippen LogP contribution in [0.2, 0.25) is 0 Å². The standard InChI is InChI=1S/C38H47N3O3.C27H38N2O.C12H11NO2.CH4/c42-34(29-44-37-21-9-20-36-35(37)19-10-24-39-36)28-41-25-22-32(23-26-41)27-40-38(43)33(17-7-15-30-11-3-1-4-12-30)18-8-16-31-13-5-2-6-14-31;1-29-20-18-25(19-21-29)22-28-27(30)26(16-8-14-23-10-4-2-5-11-23)17-9-15-24-12-6-3-7-13-24;1-4-11-10(3-2-6-13-11)12(5-1)15-8-9-7-14-9;/h1-6,9-14,19-21,24,32-34,42H,7-8,15-18,22-23,25-29H2,(H,40,43);2-7,10-13,25-26H,8-9,14-22H2,1H3,(H,28,30);1-6,9H,7-8H2;1H4/t;;9-;/m..1./s1. The van der Waals surface area contributed by atoms with Crippen molar-refractivity contribution < 1.29 is 28.9 Å². The lowest BCUT2D eigenvalue weighted by molar-refractivity contribution is -0.126. The number of rotatable bonds is 30. The largest absolute Gasteiger partial charge is 0.490 e. The highest BCUT2D eigenvalue weighted by molar-refractivity contribution is 5.85. The summed E-state index contributed by atoms with van der Waals surface area (Å²) in [7, 11) is 2.18. The van der Waals surface area contributed by atoms with Crippen LogP contribution in [-0.4, -0.2) is 122 Å². The number of piperidine rings is 2. The molecule has 0 spiro atoms. The molecule has 2 atom stereocenters. The lowest BCUT2D eigenvalue weighted by atomic mass is 9.92. The van der Waals surface area contributed by atoms with Crippen LogP contribution in [0.3, 0.4) is 0 Å². The highest BCUT2D eigenvalue weighted by Crippen LogP contribution is 2.27. The monoisotopic (exact) mass is 1220 g/mol. The quantitative estimate of drug-likeness (QED) is 0.0373. The number of aliphatic hydroxyl groups is 1. The van der Waals surface area contributed by atoms with Gasteiger partial charge in [0, 0.05) is 54.6 Å². The Hall–Kier alpha value is -7.48. The fraction of sp³-hybridized carbons (Fsp3) is 0.436. The number of amides is 2. The van der Waals surface area contributed by atoms with Crippen LogP contribution in [0.4, 0.5) is 0 Å². The molecule has 2 amide bonds. The Labute approximate surface area is 537 Å². The van der Waals surface area contributed by atoms with Crippen molar-refractivity contribution in [3.05, 3.63) is 217 Å². The number of hydrogen-bond acceptors (Lipinski definition) is 10. The minimum atomic E-state index is -0.564. The van der Waals surface area contributed by atoms with E-state index in [-0.39, 0.29) is 43.8 Å². The summed E-state index contributed by atoms with van der Waals surface area (Å²) in [6.45, 7) is 8.03. The molecule has 11 rings (SSSR count). The first-order chi connectivity index (χ1) is 43.8. The van der Waals surface area contributed by atoms with E-state index in [2.05, 4.69) is 159 Å². The number of benzene rings is 6. The van der Waals surface area contributed by atoms with Gasteiger partial charge in [0.25, 0.3) is 0 Å². The molecule has 0 saturated carbocycles. The zero-order valence-electron chi connectivity index (χ0n) is 52.6. The molecule has 1 unspecified atom stereocenters. The highest BCUT2D eigenvalue weighted by Gasteiger charge is 2.26. The van der Waals surface area contributed by atoms with Gasteiger partial charge in [-0.2, -0.15) is 0 Å². The second-order valence-electron chi connectivity index (χ2n) is 24.8. The van der Waals surface area contributed by atoms with Crippen LogP contribution in [0.5, 0.6) is 11.5 Å². The van der Waals surface area contributed by atoms with Gasteiger partial charge >= 0.3 is 0 Å². The molecule has 0 aliphatic carbocycles. The summed E-state index contributed by atoms with van der Waals surface area (Å²) in [5, 5.41) is 19.3. The number of ether oxygens (including phenoxy) is 3. The van der Waals surface area contributed by atoms with E-state index in [1.807, 2.05) is 60.7 Å². The van der Waals surface area contributed by atoms with Crippen LogP contribution in [0.15, 0.2) is 194 Å². The van der Waals surface area contributed by atoms with E-state index in [1.165, 1.54) is 35.1 Å². The number of epoxide rings is 1. The Kier molecular flexibility index (Phi) is 29.1. The number of hydrogen-bond donors (Lipinski definition) is 3. The van der Waals surface area contributed by atoms with Gasteiger partial charge in [-0.05, 0) is 219 Å². The minimum absolute atomic E-state index is 0. The van der Waals surface area contributed by atoms with Crippen molar-refractivity contribution in [2.24, 2.45) is 23.7 Å². The Balaban J connectivity index is 0.000000194. The summed E-state index contributed by atoms with van der Waals surface area (Å²) in [5.74, 6) is 3.41. The van der Waals surface area contributed by atoms with Crippen molar-refractivity contribution in [2.75, 3.05) is 72.7 Å². The Morgan fingerprint density at radius 1 is 0.522 bits per heavy atom. The average molecular weight is 1220 g/mol. The Morgan fingerprint density at radius 3 is 1.31 bits per heavy atom. The molecular weight excluding hydrogens is 1120 g/mol. The highest BCUT2D eigenvalue weighted by atomic mass is 16.6. The van der Waals surface area contributed by atoms with Gasteiger partial charge in [0.05, 0.1) is 17.6 Å². The molecular formula is C78H100N6O6. The first-order valence-corrected chi connectivity index (χ1v) is 33.1. The van der Waals surface area contributed by atoms with Crippen LogP contribution in [-0.2, 0) is 40.0 Å². The number of carbonyl (C=O) groups excluding carboxylic acids is 2. The van der Waals surface area contributed by atoms with Crippen molar-refractivity contribution >= 4 is 33.6 Å². The van der Waals surface area contributed by atoms with Crippen LogP contribution < -0.4 is 20.1 Å². The first kappa shape index (κ1) is 68.4. The number of β-amino-alcohol motifs (C(OH)–C–C–N with tert-alkyl or cyclic N) is 1. The van der Waals surface area contributed by atoms with Gasteiger partial charge in [-0.3, -0.25) is 19.6 Å². The van der Waals surface area contributed by atoms with Gasteiger partial charge in [-0.1, -0.05) is 141 Å².